The van der Waals surface area contributed by atoms with E-state index in [9.17, 15) is 54.2 Å². The molecule has 0 radical (unpaired) electrons. The van der Waals surface area contributed by atoms with Crippen molar-refractivity contribution in [1.82, 2.24) is 0 Å². The van der Waals surface area contributed by atoms with E-state index >= 15 is 0 Å². The molecule has 18 nitrogen and oxygen atoms in total. The number of esters is 1. The lowest BCUT2D eigenvalue weighted by Crippen LogP contribution is -2.64. The molecule has 2 bridgehead atoms. The van der Waals surface area contributed by atoms with Crippen LogP contribution in [0, 0.1) is 47.3 Å². The Morgan fingerprint density at radius 3 is 2.19 bits per heavy atom. The Morgan fingerprint density at radius 1 is 0.948 bits per heavy atom. The quantitative estimate of drug-likeness (QED) is 0.0685. The number of ether oxygens (including phenoxy) is 3. The molecule has 4 saturated carbocycles. The third-order valence-electron chi connectivity index (χ3n) is 13.0. The van der Waals surface area contributed by atoms with Crippen LogP contribution in [0.4, 0.5) is 0 Å². The first-order valence-electron chi connectivity index (χ1n) is 19.2. The lowest BCUT2D eigenvalue weighted by atomic mass is 9.43. The largest absolute Gasteiger partial charge is 0.481 e. The fourth-order valence-electron chi connectivity index (χ4n) is 10.7. The number of hydrogen-bond donors (Lipinski definition) is 4. The third-order valence-corrected chi connectivity index (χ3v) is 15.2. The van der Waals surface area contributed by atoms with Crippen LogP contribution in [0.15, 0.2) is 41.3 Å². The van der Waals surface area contributed by atoms with Crippen LogP contribution in [0.3, 0.4) is 0 Å². The van der Waals surface area contributed by atoms with Gasteiger partial charge in [-0.1, -0.05) is 45.0 Å². The molecule has 21 heteroatoms. The van der Waals surface area contributed by atoms with Crippen LogP contribution in [-0.2, 0) is 67.3 Å². The lowest BCUT2D eigenvalue weighted by molar-refractivity contribution is -0.315. The summed E-state index contributed by atoms with van der Waals surface area (Å²) in [6.07, 6.45) is -9.52. The molecule has 0 unspecified atom stereocenters. The molecule has 5 fully saturated rings. The number of carboxylic acid groups (broad SMARTS) is 1. The highest BCUT2D eigenvalue weighted by Gasteiger charge is 2.67. The third kappa shape index (κ3) is 9.19. The van der Waals surface area contributed by atoms with Crippen molar-refractivity contribution >= 4 is 42.9 Å². The minimum atomic E-state index is -5.58. The van der Waals surface area contributed by atoms with E-state index in [2.05, 4.69) is 6.58 Å². The van der Waals surface area contributed by atoms with Crippen molar-refractivity contribution in [2.45, 2.75) is 127 Å². The zero-order valence-electron chi connectivity index (χ0n) is 32.5. The molecular weight excluding hydrogens is 829 g/mol. The molecule has 4 aliphatic carbocycles. The van der Waals surface area contributed by atoms with Gasteiger partial charge < -0.3 is 24.4 Å². The van der Waals surface area contributed by atoms with Crippen LogP contribution in [0.1, 0.15) is 77.7 Å². The number of carbonyl (C=O) groups is 2. The van der Waals surface area contributed by atoms with Crippen molar-refractivity contribution in [3.63, 3.8) is 0 Å². The van der Waals surface area contributed by atoms with Gasteiger partial charge in [-0.2, -0.15) is 25.3 Å². The molecule has 1 aliphatic heterocycles. The van der Waals surface area contributed by atoms with Crippen LogP contribution in [0.5, 0.6) is 0 Å². The van der Waals surface area contributed by atoms with Crippen LogP contribution in [0.2, 0.25) is 0 Å². The molecule has 1 heterocycles. The van der Waals surface area contributed by atoms with E-state index in [4.69, 9.17) is 26.8 Å². The number of aliphatic hydroxyl groups is 1. The summed E-state index contributed by atoms with van der Waals surface area (Å²) in [4.78, 5) is 25.9. The van der Waals surface area contributed by atoms with Crippen molar-refractivity contribution in [3.05, 3.63) is 42.0 Å². The van der Waals surface area contributed by atoms with Crippen LogP contribution < -0.4 is 0 Å². The number of rotatable bonds is 14. The van der Waals surface area contributed by atoms with Crippen LogP contribution in [-0.4, -0.2) is 106 Å². The molecular formula is C37H52O18S3. The van der Waals surface area contributed by atoms with E-state index in [1.807, 2.05) is 6.92 Å². The summed E-state index contributed by atoms with van der Waals surface area (Å²) >= 11 is 0. The van der Waals surface area contributed by atoms with E-state index in [1.54, 1.807) is 20.8 Å². The number of fused-ring (bicyclic) bond motifs is 3. The van der Waals surface area contributed by atoms with E-state index in [0.29, 0.717) is 31.2 Å². The Balaban J connectivity index is 1.39. The van der Waals surface area contributed by atoms with Gasteiger partial charge in [0.25, 0.3) is 10.1 Å². The summed E-state index contributed by atoms with van der Waals surface area (Å²) in [5.41, 5.74) is 0.208. The van der Waals surface area contributed by atoms with Crippen molar-refractivity contribution in [1.29, 1.82) is 0 Å². The number of aryl methyl sites for hydroxylation is 1. The summed E-state index contributed by atoms with van der Waals surface area (Å²) in [5, 5.41) is 22.2. The highest BCUT2D eigenvalue weighted by Crippen LogP contribution is 2.70. The predicted molar refractivity (Wildman–Crippen MR) is 200 cm³/mol. The lowest BCUT2D eigenvalue weighted by Gasteiger charge is -2.62. The van der Waals surface area contributed by atoms with E-state index in [0.717, 1.165) is 12.0 Å². The standard InChI is InChI=1S/C37H52O18S3/c1-19(2)14-29(38)53-32-31(55-58(47,48)49)30(54-57(44,45)46)27(18-50-56(42,43)24-9-6-20(3)7-10-24)52-35(32)51-23-15-25(34(40)41)26-12-13-37-16-22(21(4)33(37)39)8-11-28(37)36(26,5)17-23/h6-7,9-10,19,22-23,25-28,30-33,35,39H,4,8,11-18H2,1-3,5H3,(H,40,41)(H,44,45,46)(H,47,48,49)/t22-,23-,25-,26-,27-,28+,30-,31+,32-,33-,35-,36-,37-/m1/s1. The molecule has 1 aromatic rings. The Kier molecular flexibility index (Phi) is 12.7. The summed E-state index contributed by atoms with van der Waals surface area (Å²) in [5.74, 6) is -3.72. The Bertz CT molecular complexity index is 2070. The number of aliphatic hydroxyl groups excluding tert-OH is 1. The molecule has 0 amide bonds. The molecule has 1 aromatic carbocycles. The molecule has 13 atom stereocenters. The first kappa shape index (κ1) is 45.0. The maximum atomic E-state index is 13.2. The van der Waals surface area contributed by atoms with Gasteiger partial charge >= 0.3 is 32.7 Å². The Hall–Kier alpha value is -2.57. The molecule has 326 valence electrons. The topological polar surface area (TPSA) is 273 Å². The van der Waals surface area contributed by atoms with Gasteiger partial charge in [0.05, 0.1) is 29.6 Å². The first-order chi connectivity index (χ1) is 26.8. The van der Waals surface area contributed by atoms with E-state index in [1.165, 1.54) is 24.3 Å². The first-order valence-corrected chi connectivity index (χ1v) is 23.3. The van der Waals surface area contributed by atoms with Gasteiger partial charge in [-0.15, -0.1) is 0 Å². The molecule has 0 aromatic heterocycles. The fraction of sp³-hybridized carbons (Fsp3) is 0.730. The number of benzene rings is 1. The number of carboxylic acids is 1. The second kappa shape index (κ2) is 16.4. The average molecular weight is 881 g/mol. The Labute approximate surface area is 338 Å². The number of carbonyl (C=O) groups excluding carboxylic acids is 1. The van der Waals surface area contributed by atoms with Crippen LogP contribution >= 0.6 is 0 Å². The second-order valence-electron chi connectivity index (χ2n) is 17.2. The summed E-state index contributed by atoms with van der Waals surface area (Å²) in [7, 11) is -15.7. The van der Waals surface area contributed by atoms with Crippen molar-refractivity contribution in [2.24, 2.45) is 40.4 Å². The normalized spacial score (nSPS) is 37.9. The van der Waals surface area contributed by atoms with Gasteiger partial charge in [0.2, 0.25) is 0 Å². The van der Waals surface area contributed by atoms with Gasteiger partial charge in [0.15, 0.2) is 18.5 Å². The average Bonchev–Trinajstić information content (AvgIpc) is 3.27. The fourth-order valence-corrected chi connectivity index (χ4v) is 12.7. The van der Waals surface area contributed by atoms with Gasteiger partial charge in [0, 0.05) is 11.8 Å². The maximum absolute atomic E-state index is 13.2. The maximum Gasteiger partial charge on any atom is 0.397 e. The molecule has 4 N–H and O–H groups in total. The van der Waals surface area contributed by atoms with E-state index < -0.39 is 109 Å². The minimum Gasteiger partial charge on any atom is -0.481 e. The Morgan fingerprint density at radius 2 is 1.59 bits per heavy atom. The zero-order valence-corrected chi connectivity index (χ0v) is 35.0. The predicted octanol–water partition coefficient (Wildman–Crippen LogP) is 3.39. The highest BCUT2D eigenvalue weighted by molar-refractivity contribution is 7.86. The SMILES string of the molecule is C=C1[C@@H]2CC[C@H]3[C@]4(C)C[C@H](O[C@@H]5O[C@H](COS(=O)(=O)c6ccc(C)cc6)[C@@H](OS(=O)(=O)O)[C@H](OS(=O)(=O)O)[C@H]5OC(=O)CC(C)C)C[C@@H](C(=O)O)[C@H]4CC[C@]3(C2)[C@@H]1O. The van der Waals surface area contributed by atoms with Gasteiger partial charge in [-0.3, -0.25) is 22.9 Å². The molecule has 5 aliphatic rings. The van der Waals surface area contributed by atoms with Crippen molar-refractivity contribution in [3.8, 4) is 0 Å². The molecule has 1 spiro atoms. The van der Waals surface area contributed by atoms with Crippen LogP contribution in [0.25, 0.3) is 0 Å². The van der Waals surface area contributed by atoms with Crippen molar-refractivity contribution in [2.75, 3.05) is 6.61 Å². The smallest absolute Gasteiger partial charge is 0.397 e. The molecule has 58 heavy (non-hydrogen) atoms. The zero-order chi connectivity index (χ0) is 42.7. The monoisotopic (exact) mass is 880 g/mol. The number of hydrogen-bond acceptors (Lipinski definition) is 15. The summed E-state index contributed by atoms with van der Waals surface area (Å²) in [6.45, 7) is 10.1. The molecule has 1 saturated heterocycles. The highest BCUT2D eigenvalue weighted by atomic mass is 32.3. The van der Waals surface area contributed by atoms with Crippen molar-refractivity contribution < 1.29 is 80.9 Å². The van der Waals surface area contributed by atoms with Gasteiger partial charge in [0.1, 0.15) is 12.2 Å². The second-order valence-corrected chi connectivity index (χ2v) is 20.9. The van der Waals surface area contributed by atoms with Gasteiger partial charge in [-0.25, -0.2) is 8.37 Å². The van der Waals surface area contributed by atoms with E-state index in [-0.39, 0.29) is 47.8 Å². The summed E-state index contributed by atoms with van der Waals surface area (Å²) in [6, 6.07) is 5.43. The minimum absolute atomic E-state index is 0.0997. The summed E-state index contributed by atoms with van der Waals surface area (Å²) < 4.78 is 128. The van der Waals surface area contributed by atoms with Gasteiger partial charge in [-0.05, 0) is 98.7 Å². The number of aliphatic carboxylic acids is 1. The molecule has 6 rings (SSSR count).